The highest BCUT2D eigenvalue weighted by molar-refractivity contribution is 5.98. The first-order chi connectivity index (χ1) is 14.7. The van der Waals surface area contributed by atoms with Crippen LogP contribution >= 0.6 is 0 Å². The summed E-state index contributed by atoms with van der Waals surface area (Å²) in [4.78, 5) is 35.9. The van der Waals surface area contributed by atoms with Crippen molar-refractivity contribution in [3.8, 4) is 0 Å². The Balaban J connectivity index is 2.84. The number of rotatable bonds is 8. The largest absolute Gasteiger partial charge is 0.479 e. The summed E-state index contributed by atoms with van der Waals surface area (Å²) < 4.78 is 14.5. The summed E-state index contributed by atoms with van der Waals surface area (Å²) >= 11 is 0. The van der Waals surface area contributed by atoms with E-state index in [1.54, 1.807) is 0 Å². The second-order valence-corrected chi connectivity index (χ2v) is 7.14. The Hall–Kier alpha value is -2.03. The van der Waals surface area contributed by atoms with Crippen molar-refractivity contribution in [1.29, 1.82) is 0 Å². The van der Waals surface area contributed by atoms with Gasteiger partial charge in [-0.05, 0) is 0 Å². The van der Waals surface area contributed by atoms with Crippen LogP contribution in [0.4, 0.5) is 0 Å². The molecule has 2 aliphatic rings. The zero-order valence-corrected chi connectivity index (χ0v) is 15.9. The Labute approximate surface area is 176 Å². The number of ether oxygens (including phenoxy) is 3. The monoisotopic (exact) mass is 474 g/mol. The molecule has 0 aliphatic carbocycles. The predicted molar refractivity (Wildman–Crippen MR) is 88.4 cm³/mol. The van der Waals surface area contributed by atoms with Crippen molar-refractivity contribution in [2.45, 2.75) is 53.3 Å². The molecule has 184 valence electrons. The van der Waals surface area contributed by atoms with Crippen molar-refractivity contribution in [1.82, 2.24) is 0 Å². The summed E-state index contributed by atoms with van der Waals surface area (Å²) in [7, 11) is 0. The van der Waals surface area contributed by atoms with E-state index in [2.05, 4.69) is 0 Å². The molecule has 17 nitrogen and oxygen atoms in total. The molecule has 17 heteroatoms. The molecule has 0 saturated carbocycles. The van der Waals surface area contributed by atoms with Crippen LogP contribution in [-0.2, 0) is 28.6 Å². The lowest BCUT2D eigenvalue weighted by atomic mass is 9.68. The predicted octanol–water partition coefficient (Wildman–Crippen LogP) is -7.03. The third-order valence-corrected chi connectivity index (χ3v) is 5.45. The topological polar surface area (TPSA) is 301 Å². The molecule has 1 unspecified atom stereocenters. The minimum absolute atomic E-state index is 1.05. The van der Waals surface area contributed by atoms with Crippen LogP contribution < -0.4 is 0 Å². The van der Waals surface area contributed by atoms with Gasteiger partial charge in [0.2, 0.25) is 11.4 Å². The van der Waals surface area contributed by atoms with Crippen molar-refractivity contribution in [3.63, 3.8) is 0 Å². The van der Waals surface area contributed by atoms with E-state index in [0.29, 0.717) is 0 Å². The van der Waals surface area contributed by atoms with Crippen LogP contribution in [0, 0.1) is 0 Å². The van der Waals surface area contributed by atoms with E-state index in [0.717, 1.165) is 0 Å². The van der Waals surface area contributed by atoms with Gasteiger partial charge in [-0.2, -0.15) is 0 Å². The van der Waals surface area contributed by atoms with Crippen LogP contribution in [0.15, 0.2) is 0 Å². The molecule has 0 amide bonds. The third kappa shape index (κ3) is 3.10. The minimum Gasteiger partial charge on any atom is -0.479 e. The van der Waals surface area contributed by atoms with Gasteiger partial charge in [-0.1, -0.05) is 0 Å². The summed E-state index contributed by atoms with van der Waals surface area (Å²) in [6, 6.07) is 0. The van der Waals surface area contributed by atoms with E-state index in [9.17, 15) is 70.6 Å². The maximum absolute atomic E-state index is 12.2. The molecule has 11 N–H and O–H groups in total. The van der Waals surface area contributed by atoms with E-state index >= 15 is 0 Å². The molecule has 0 aromatic carbocycles. The van der Waals surface area contributed by atoms with Crippen molar-refractivity contribution in [2.75, 3.05) is 19.8 Å². The average Bonchev–Trinajstić information content (AvgIpc) is 2.98. The number of hydrogen-bond donors (Lipinski definition) is 11. The quantitative estimate of drug-likeness (QED) is 0.156. The summed E-state index contributed by atoms with van der Waals surface area (Å²) in [5, 5.41) is 109. The van der Waals surface area contributed by atoms with Crippen molar-refractivity contribution in [3.05, 3.63) is 0 Å². The highest BCUT2D eigenvalue weighted by Gasteiger charge is 2.84. The molecule has 0 spiro atoms. The first kappa shape index (κ1) is 26.2. The van der Waals surface area contributed by atoms with Gasteiger partial charge in [0, 0.05) is 0 Å². The first-order valence-electron chi connectivity index (χ1n) is 8.74. The Kier molecular flexibility index (Phi) is 6.88. The molecule has 0 bridgehead atoms. The van der Waals surface area contributed by atoms with Gasteiger partial charge >= 0.3 is 23.7 Å². The van der Waals surface area contributed by atoms with Crippen LogP contribution in [0.1, 0.15) is 0 Å². The van der Waals surface area contributed by atoms with E-state index in [-0.39, 0.29) is 0 Å². The van der Waals surface area contributed by atoms with E-state index in [1.165, 1.54) is 0 Å². The molecule has 2 saturated heterocycles. The minimum atomic E-state index is -4.64. The van der Waals surface area contributed by atoms with E-state index in [4.69, 9.17) is 14.2 Å². The van der Waals surface area contributed by atoms with E-state index in [1.807, 2.05) is 0 Å². The maximum Gasteiger partial charge on any atom is 0.368 e. The third-order valence-electron chi connectivity index (χ3n) is 5.45. The van der Waals surface area contributed by atoms with Crippen LogP contribution in [-0.4, -0.2) is 147 Å². The molecule has 2 heterocycles. The smallest absolute Gasteiger partial charge is 0.368 e. The normalized spacial score (nSPS) is 46.7. The number of carboxylic acids is 3. The second-order valence-electron chi connectivity index (χ2n) is 7.14. The second kappa shape index (κ2) is 8.39. The lowest BCUT2D eigenvalue weighted by Gasteiger charge is -2.55. The first-order valence-corrected chi connectivity index (χ1v) is 8.74. The van der Waals surface area contributed by atoms with E-state index < -0.39 is 91.0 Å². The molecule has 0 aromatic heterocycles. The van der Waals surface area contributed by atoms with Crippen LogP contribution in [0.2, 0.25) is 0 Å². The van der Waals surface area contributed by atoms with Crippen molar-refractivity contribution >= 4 is 17.9 Å². The fourth-order valence-corrected chi connectivity index (χ4v) is 3.66. The highest BCUT2D eigenvalue weighted by Crippen LogP contribution is 2.49. The average molecular weight is 474 g/mol. The van der Waals surface area contributed by atoms with Gasteiger partial charge in [0.05, 0.1) is 13.2 Å². The van der Waals surface area contributed by atoms with Crippen molar-refractivity contribution < 1.29 is 84.8 Å². The SMILES string of the molecule is O=C(O)[C@@]1(OC2(CO)O[C@H](CO)[C@@H](O)[C@@H]2O)O[C@H](CO)[C@@H](O)[C@@](O)(C(=O)O)[C@]1(O)C(=O)O. The molecule has 2 fully saturated rings. The summed E-state index contributed by atoms with van der Waals surface area (Å²) in [5.41, 5.74) is -8.98. The molecular weight excluding hydrogens is 452 g/mol. The van der Waals surface area contributed by atoms with Gasteiger partial charge in [0.25, 0.3) is 5.60 Å². The summed E-state index contributed by atoms with van der Waals surface area (Å²) in [6.07, 6.45) is -11.7. The number of carboxylic acid groups (broad SMARTS) is 3. The summed E-state index contributed by atoms with van der Waals surface area (Å²) in [6.45, 7) is -4.11. The Morgan fingerprint density at radius 2 is 1.31 bits per heavy atom. The number of aliphatic carboxylic acids is 3. The fourth-order valence-electron chi connectivity index (χ4n) is 3.66. The van der Waals surface area contributed by atoms with Gasteiger partial charge in [-0.3, -0.25) is 4.74 Å². The molecule has 0 radical (unpaired) electrons. The molecular formula is C15H22O17. The van der Waals surface area contributed by atoms with Gasteiger partial charge in [0.1, 0.15) is 37.1 Å². The van der Waals surface area contributed by atoms with Gasteiger partial charge in [0.15, 0.2) is 0 Å². The molecule has 2 rings (SSSR count). The molecule has 32 heavy (non-hydrogen) atoms. The number of aliphatic hydroxyl groups excluding tert-OH is 6. The lowest BCUT2D eigenvalue weighted by Crippen LogP contribution is -2.87. The standard InChI is InChI=1S/C15H22O17/c16-1-4-6(19)8(21)12(3-18,30-4)32-15(11(26)27)14(29,10(24)25)13(28,9(22)23)7(20)5(2-17)31-15/h4-8,16-21,28-29H,1-3H2,(H,22,23)(H,24,25)(H,26,27)/t4-,5-,6-,7-,8+,12?,13-,14-,15+/m1/s1. The van der Waals surface area contributed by atoms with Gasteiger partial charge in [-0.15, -0.1) is 0 Å². The number of hydrogen-bond acceptors (Lipinski definition) is 14. The molecule has 2 aliphatic heterocycles. The van der Waals surface area contributed by atoms with Gasteiger partial charge in [-0.25, -0.2) is 14.4 Å². The molecule has 0 aromatic rings. The number of aliphatic hydroxyl groups is 8. The number of carbonyl (C=O) groups is 3. The fraction of sp³-hybridized carbons (Fsp3) is 0.800. The summed E-state index contributed by atoms with van der Waals surface area (Å²) in [5.74, 6) is -15.7. The van der Waals surface area contributed by atoms with Crippen molar-refractivity contribution in [2.24, 2.45) is 0 Å². The van der Waals surface area contributed by atoms with Crippen LogP contribution in [0.5, 0.6) is 0 Å². The Morgan fingerprint density at radius 1 is 0.781 bits per heavy atom. The zero-order chi connectivity index (χ0) is 24.9. The molecule has 9 atom stereocenters. The van der Waals surface area contributed by atoms with Crippen LogP contribution in [0.3, 0.4) is 0 Å². The lowest BCUT2D eigenvalue weighted by molar-refractivity contribution is -0.447. The zero-order valence-electron chi connectivity index (χ0n) is 15.9. The maximum atomic E-state index is 12.2. The highest BCUT2D eigenvalue weighted by atomic mass is 16.8. The Morgan fingerprint density at radius 3 is 1.66 bits per heavy atom. The Bertz CT molecular complexity index is 773. The van der Waals surface area contributed by atoms with Gasteiger partial charge < -0.3 is 65.6 Å². The van der Waals surface area contributed by atoms with Crippen LogP contribution in [0.25, 0.3) is 0 Å².